The first-order valence-corrected chi connectivity index (χ1v) is 9.29. The maximum Gasteiger partial charge on any atom is 0.490 e. The fourth-order valence-electron chi connectivity index (χ4n) is 3.69. The van der Waals surface area contributed by atoms with Gasteiger partial charge in [-0.1, -0.05) is 30.3 Å². The smallest absolute Gasteiger partial charge is 0.475 e. The van der Waals surface area contributed by atoms with Gasteiger partial charge in [-0.15, -0.1) is 0 Å². The fourth-order valence-corrected chi connectivity index (χ4v) is 3.69. The summed E-state index contributed by atoms with van der Waals surface area (Å²) in [5.41, 5.74) is 6.81. The Bertz CT molecular complexity index is 641. The van der Waals surface area contributed by atoms with Crippen molar-refractivity contribution in [3.8, 4) is 0 Å². The van der Waals surface area contributed by atoms with Crippen LogP contribution in [0.3, 0.4) is 0 Å². The molecule has 1 saturated carbocycles. The molecule has 2 fully saturated rings. The summed E-state index contributed by atoms with van der Waals surface area (Å²) in [6.45, 7) is 2.08. The number of aliphatic carboxylic acids is 1. The molecular weight excluding hydrogens is 375 g/mol. The van der Waals surface area contributed by atoms with Crippen molar-refractivity contribution in [3.05, 3.63) is 35.9 Å². The van der Waals surface area contributed by atoms with Gasteiger partial charge >= 0.3 is 12.1 Å². The lowest BCUT2D eigenvalue weighted by molar-refractivity contribution is -0.192. The first kappa shape index (κ1) is 22.2. The van der Waals surface area contributed by atoms with Crippen LogP contribution in [0.5, 0.6) is 0 Å². The number of amides is 1. The number of benzene rings is 1. The second-order valence-corrected chi connectivity index (χ2v) is 7.14. The zero-order valence-corrected chi connectivity index (χ0v) is 15.5. The minimum Gasteiger partial charge on any atom is -0.475 e. The molecule has 2 aliphatic rings. The molecule has 9 heteroatoms. The summed E-state index contributed by atoms with van der Waals surface area (Å²) in [6, 6.07) is 11.9. The number of nitrogens with two attached hydrogens (primary N) is 1. The molecule has 0 radical (unpaired) electrons. The van der Waals surface area contributed by atoms with Gasteiger partial charge in [0.05, 0.1) is 12.6 Å². The molecule has 6 nitrogen and oxygen atoms in total. The monoisotopic (exact) mass is 401 g/mol. The maximum absolute atomic E-state index is 11.2. The maximum atomic E-state index is 11.2. The number of carbonyl (C=O) groups excluding carboxylic acids is 1. The van der Waals surface area contributed by atoms with Crippen LogP contribution in [0.4, 0.5) is 13.2 Å². The molecule has 4 N–H and O–H groups in total. The van der Waals surface area contributed by atoms with Gasteiger partial charge in [-0.2, -0.15) is 13.2 Å². The number of rotatable bonds is 4. The summed E-state index contributed by atoms with van der Waals surface area (Å²) < 4.78 is 31.7. The number of hydrogen-bond acceptors (Lipinski definition) is 4. The third-order valence-corrected chi connectivity index (χ3v) is 5.19. The van der Waals surface area contributed by atoms with E-state index in [1.165, 1.54) is 31.2 Å². The Hall–Kier alpha value is -2.13. The normalized spacial score (nSPS) is 23.1. The molecule has 0 atom stereocenters. The van der Waals surface area contributed by atoms with E-state index in [0.717, 1.165) is 19.0 Å². The SMILES string of the molecule is NCC(=O)NC1CN(C2CCC(c3ccccc3)CC2)C1.O=C(O)C(F)(F)F. The van der Waals surface area contributed by atoms with Gasteiger partial charge in [0.25, 0.3) is 0 Å². The number of halogens is 3. The minimum atomic E-state index is -5.08. The van der Waals surface area contributed by atoms with Crippen molar-refractivity contribution >= 4 is 11.9 Å². The van der Waals surface area contributed by atoms with Gasteiger partial charge in [0.15, 0.2) is 0 Å². The number of carboxylic acid groups (broad SMARTS) is 1. The Labute approximate surface area is 161 Å². The molecule has 0 spiro atoms. The second kappa shape index (κ2) is 9.88. The molecule has 3 rings (SSSR count). The fraction of sp³-hybridized carbons (Fsp3) is 0.579. The van der Waals surface area contributed by atoms with Crippen molar-refractivity contribution in [1.82, 2.24) is 10.2 Å². The zero-order chi connectivity index (χ0) is 20.7. The van der Waals surface area contributed by atoms with Crippen LogP contribution in [0.15, 0.2) is 30.3 Å². The number of likely N-dealkylation sites (tertiary alicyclic amines) is 1. The molecule has 1 aliphatic carbocycles. The van der Waals surface area contributed by atoms with E-state index in [1.807, 2.05) is 0 Å². The van der Waals surface area contributed by atoms with Crippen molar-refractivity contribution in [3.63, 3.8) is 0 Å². The first-order valence-electron chi connectivity index (χ1n) is 9.29. The lowest BCUT2D eigenvalue weighted by Crippen LogP contribution is -2.63. The number of alkyl halides is 3. The van der Waals surface area contributed by atoms with Crippen LogP contribution in [-0.2, 0) is 9.59 Å². The Kier molecular flexibility index (Phi) is 7.82. The molecule has 156 valence electrons. The topological polar surface area (TPSA) is 95.7 Å². The summed E-state index contributed by atoms with van der Waals surface area (Å²) in [7, 11) is 0. The predicted molar refractivity (Wildman–Crippen MR) is 97.7 cm³/mol. The lowest BCUT2D eigenvalue weighted by Gasteiger charge is -2.46. The number of carboxylic acids is 1. The van der Waals surface area contributed by atoms with Gasteiger partial charge in [-0.05, 0) is 37.2 Å². The van der Waals surface area contributed by atoms with Crippen molar-refractivity contribution < 1.29 is 27.9 Å². The van der Waals surface area contributed by atoms with Crippen LogP contribution in [0, 0.1) is 0 Å². The molecule has 0 bridgehead atoms. The van der Waals surface area contributed by atoms with Crippen LogP contribution in [-0.4, -0.2) is 59.8 Å². The molecule has 0 unspecified atom stereocenters. The highest BCUT2D eigenvalue weighted by atomic mass is 19.4. The molecule has 1 aromatic carbocycles. The van der Waals surface area contributed by atoms with E-state index in [9.17, 15) is 18.0 Å². The number of carbonyl (C=O) groups is 2. The van der Waals surface area contributed by atoms with Gasteiger partial charge in [0.2, 0.25) is 5.91 Å². The van der Waals surface area contributed by atoms with Crippen molar-refractivity contribution in [2.75, 3.05) is 19.6 Å². The van der Waals surface area contributed by atoms with E-state index < -0.39 is 12.1 Å². The quantitative estimate of drug-likeness (QED) is 0.718. The lowest BCUT2D eigenvalue weighted by atomic mass is 9.80. The van der Waals surface area contributed by atoms with Gasteiger partial charge in [0, 0.05) is 19.1 Å². The van der Waals surface area contributed by atoms with E-state index in [0.29, 0.717) is 12.1 Å². The summed E-state index contributed by atoms with van der Waals surface area (Å²) in [4.78, 5) is 22.7. The first-order chi connectivity index (χ1) is 13.2. The van der Waals surface area contributed by atoms with Crippen LogP contribution >= 0.6 is 0 Å². The Balaban J connectivity index is 0.000000345. The average Bonchev–Trinajstić information content (AvgIpc) is 2.65. The second-order valence-electron chi connectivity index (χ2n) is 7.14. The van der Waals surface area contributed by atoms with E-state index in [-0.39, 0.29) is 12.5 Å². The predicted octanol–water partition coefficient (Wildman–Crippen LogP) is 2.11. The van der Waals surface area contributed by atoms with Crippen LogP contribution in [0.1, 0.15) is 37.2 Å². The number of hydrogen-bond donors (Lipinski definition) is 3. The van der Waals surface area contributed by atoms with E-state index in [2.05, 4.69) is 40.5 Å². The summed E-state index contributed by atoms with van der Waals surface area (Å²) >= 11 is 0. The van der Waals surface area contributed by atoms with Crippen molar-refractivity contribution in [1.29, 1.82) is 0 Å². The van der Waals surface area contributed by atoms with Gasteiger partial charge in [-0.3, -0.25) is 9.69 Å². The third-order valence-electron chi connectivity index (χ3n) is 5.19. The summed E-state index contributed by atoms with van der Waals surface area (Å²) in [6.07, 6.45) is 0.0320. The molecular formula is C19H26F3N3O3. The van der Waals surface area contributed by atoms with Crippen molar-refractivity contribution in [2.24, 2.45) is 5.73 Å². The highest BCUT2D eigenvalue weighted by molar-refractivity contribution is 5.78. The van der Waals surface area contributed by atoms with Crippen LogP contribution in [0.2, 0.25) is 0 Å². The molecule has 1 saturated heterocycles. The van der Waals surface area contributed by atoms with E-state index in [1.54, 1.807) is 0 Å². The third kappa shape index (κ3) is 6.49. The van der Waals surface area contributed by atoms with Crippen LogP contribution < -0.4 is 11.1 Å². The van der Waals surface area contributed by atoms with Crippen LogP contribution in [0.25, 0.3) is 0 Å². The highest BCUT2D eigenvalue weighted by Crippen LogP contribution is 2.35. The highest BCUT2D eigenvalue weighted by Gasteiger charge is 2.38. The van der Waals surface area contributed by atoms with E-state index >= 15 is 0 Å². The Morgan fingerprint density at radius 2 is 1.64 bits per heavy atom. The number of nitrogens with zero attached hydrogens (tertiary/aromatic N) is 1. The largest absolute Gasteiger partial charge is 0.490 e. The Morgan fingerprint density at radius 3 is 2.11 bits per heavy atom. The van der Waals surface area contributed by atoms with Gasteiger partial charge < -0.3 is 16.2 Å². The molecule has 1 aliphatic heterocycles. The van der Waals surface area contributed by atoms with Crippen molar-refractivity contribution in [2.45, 2.75) is 49.9 Å². The standard InChI is InChI=1S/C17H25N3O.C2HF3O2/c18-10-17(21)19-15-11-20(12-15)16-8-6-14(7-9-16)13-4-2-1-3-5-13;3-2(4,5)1(6)7/h1-5,14-16H,6-12,18H2,(H,19,21);(H,6,7). The molecule has 1 heterocycles. The Morgan fingerprint density at radius 1 is 1.11 bits per heavy atom. The number of nitrogens with one attached hydrogen (secondary N) is 1. The zero-order valence-electron chi connectivity index (χ0n) is 15.5. The minimum absolute atomic E-state index is 0.0348. The van der Waals surface area contributed by atoms with E-state index in [4.69, 9.17) is 15.6 Å². The molecule has 28 heavy (non-hydrogen) atoms. The van der Waals surface area contributed by atoms with Gasteiger partial charge in [-0.25, -0.2) is 4.79 Å². The summed E-state index contributed by atoms with van der Waals surface area (Å²) in [5, 5.41) is 10.1. The average molecular weight is 401 g/mol. The molecule has 1 amide bonds. The van der Waals surface area contributed by atoms with Gasteiger partial charge in [0.1, 0.15) is 0 Å². The molecule has 0 aromatic heterocycles. The molecule has 1 aromatic rings. The summed E-state index contributed by atoms with van der Waals surface area (Å²) in [5.74, 6) is -2.06.